The van der Waals surface area contributed by atoms with Gasteiger partial charge in [-0.05, 0) is 66.9 Å². The Balaban J connectivity index is 1.31. The maximum atomic E-state index is 5.84. The molecule has 0 saturated carbocycles. The highest BCUT2D eigenvalue weighted by atomic mass is 32.1. The highest BCUT2D eigenvalue weighted by molar-refractivity contribution is 7.80. The number of rotatable bonds is 10. The molecule has 0 heterocycles. The first-order chi connectivity index (χ1) is 14.2. The monoisotopic (exact) mass is 406 g/mol. The summed E-state index contributed by atoms with van der Waals surface area (Å²) in [6, 6.07) is 26.2. The molecule has 0 aromatic heterocycles. The highest BCUT2D eigenvalue weighted by Gasteiger charge is 2.00. The minimum absolute atomic E-state index is 0.247. The fourth-order valence-electron chi connectivity index (χ4n) is 2.94. The Hall–Kier alpha value is -3.05. The molecule has 3 N–H and O–H groups in total. The fourth-order valence-corrected chi connectivity index (χ4v) is 3.06. The maximum Gasteiger partial charge on any atom is 0.168 e. The molecule has 0 unspecified atom stereocenters. The van der Waals surface area contributed by atoms with Crippen molar-refractivity contribution >= 4 is 23.0 Å². The third-order valence-electron chi connectivity index (χ3n) is 4.39. The van der Waals surface area contributed by atoms with Crippen molar-refractivity contribution < 1.29 is 9.47 Å². The summed E-state index contributed by atoms with van der Waals surface area (Å²) in [6.45, 7) is 1.38. The standard InChI is InChI=1S/C24H26N2O2S/c25-24(29)26-21-10-7-11-23(18-21)28-17-6-2-5-16-27-22-14-12-20(13-15-22)19-8-3-1-4-9-19/h1,3-4,7-15,18H,2,5-6,16-17H2,(H3,25,26,29). The van der Waals surface area contributed by atoms with E-state index in [-0.39, 0.29) is 5.11 Å². The van der Waals surface area contributed by atoms with Crippen LogP contribution in [0.2, 0.25) is 0 Å². The summed E-state index contributed by atoms with van der Waals surface area (Å²) in [5.74, 6) is 1.71. The van der Waals surface area contributed by atoms with Crippen LogP contribution in [0.1, 0.15) is 19.3 Å². The van der Waals surface area contributed by atoms with Crippen LogP contribution in [0.25, 0.3) is 11.1 Å². The topological polar surface area (TPSA) is 56.5 Å². The van der Waals surface area contributed by atoms with Gasteiger partial charge in [0.2, 0.25) is 0 Å². The molecule has 0 bridgehead atoms. The van der Waals surface area contributed by atoms with Crippen molar-refractivity contribution in [3.8, 4) is 22.6 Å². The fraction of sp³-hybridized carbons (Fsp3) is 0.208. The van der Waals surface area contributed by atoms with E-state index < -0.39 is 0 Å². The molecule has 4 nitrogen and oxygen atoms in total. The minimum atomic E-state index is 0.247. The van der Waals surface area contributed by atoms with Crippen molar-refractivity contribution in [2.75, 3.05) is 18.5 Å². The van der Waals surface area contributed by atoms with E-state index in [0.29, 0.717) is 13.2 Å². The van der Waals surface area contributed by atoms with E-state index in [1.165, 1.54) is 11.1 Å². The summed E-state index contributed by atoms with van der Waals surface area (Å²) >= 11 is 4.85. The Morgan fingerprint density at radius 2 is 1.38 bits per heavy atom. The predicted molar refractivity (Wildman–Crippen MR) is 124 cm³/mol. The lowest BCUT2D eigenvalue weighted by atomic mass is 10.1. The maximum absolute atomic E-state index is 5.84. The second-order valence-electron chi connectivity index (χ2n) is 6.67. The molecular weight excluding hydrogens is 380 g/mol. The average molecular weight is 407 g/mol. The zero-order valence-electron chi connectivity index (χ0n) is 16.3. The number of ether oxygens (including phenoxy) is 2. The molecule has 3 aromatic carbocycles. The van der Waals surface area contributed by atoms with E-state index in [9.17, 15) is 0 Å². The first-order valence-corrected chi connectivity index (χ1v) is 10.2. The summed E-state index contributed by atoms with van der Waals surface area (Å²) in [6.07, 6.45) is 3.02. The van der Waals surface area contributed by atoms with Gasteiger partial charge in [0.25, 0.3) is 0 Å². The van der Waals surface area contributed by atoms with Crippen LogP contribution < -0.4 is 20.5 Å². The van der Waals surface area contributed by atoms with Gasteiger partial charge < -0.3 is 20.5 Å². The van der Waals surface area contributed by atoms with Crippen molar-refractivity contribution in [1.29, 1.82) is 0 Å². The molecule has 150 valence electrons. The Kier molecular flexibility index (Phi) is 7.90. The van der Waals surface area contributed by atoms with Gasteiger partial charge in [0.15, 0.2) is 5.11 Å². The normalized spacial score (nSPS) is 10.3. The molecular formula is C24H26N2O2S. The van der Waals surface area contributed by atoms with Gasteiger partial charge in [-0.3, -0.25) is 0 Å². The lowest BCUT2D eigenvalue weighted by Crippen LogP contribution is -2.18. The van der Waals surface area contributed by atoms with Gasteiger partial charge >= 0.3 is 0 Å². The third-order valence-corrected chi connectivity index (χ3v) is 4.49. The largest absolute Gasteiger partial charge is 0.494 e. The van der Waals surface area contributed by atoms with Crippen molar-refractivity contribution in [2.45, 2.75) is 19.3 Å². The second kappa shape index (κ2) is 11.1. The van der Waals surface area contributed by atoms with Crippen LogP contribution in [-0.2, 0) is 0 Å². The molecule has 0 spiro atoms. The number of hydrogen-bond donors (Lipinski definition) is 2. The number of anilines is 1. The van der Waals surface area contributed by atoms with Crippen LogP contribution >= 0.6 is 12.2 Å². The summed E-state index contributed by atoms with van der Waals surface area (Å²) in [5.41, 5.74) is 8.73. The van der Waals surface area contributed by atoms with E-state index >= 15 is 0 Å². The molecule has 0 aliphatic carbocycles. The number of hydrogen-bond acceptors (Lipinski definition) is 3. The Labute approximate surface area is 177 Å². The molecule has 5 heteroatoms. The second-order valence-corrected chi connectivity index (χ2v) is 7.10. The minimum Gasteiger partial charge on any atom is -0.494 e. The number of nitrogens with two attached hydrogens (primary N) is 1. The van der Waals surface area contributed by atoms with E-state index in [0.717, 1.165) is 36.4 Å². The van der Waals surface area contributed by atoms with Crippen LogP contribution in [0.5, 0.6) is 11.5 Å². The van der Waals surface area contributed by atoms with Gasteiger partial charge in [-0.2, -0.15) is 0 Å². The van der Waals surface area contributed by atoms with Gasteiger partial charge in [-0.25, -0.2) is 0 Å². The Morgan fingerprint density at radius 3 is 2.07 bits per heavy atom. The smallest absolute Gasteiger partial charge is 0.168 e. The van der Waals surface area contributed by atoms with Gasteiger partial charge in [-0.1, -0.05) is 48.5 Å². The van der Waals surface area contributed by atoms with Crippen molar-refractivity contribution in [2.24, 2.45) is 5.73 Å². The molecule has 3 aromatic rings. The number of thiocarbonyl (C=S) groups is 1. The van der Waals surface area contributed by atoms with Crippen LogP contribution in [0.15, 0.2) is 78.9 Å². The average Bonchev–Trinajstić information content (AvgIpc) is 2.74. The van der Waals surface area contributed by atoms with Crippen molar-refractivity contribution in [1.82, 2.24) is 0 Å². The van der Waals surface area contributed by atoms with E-state index in [1.54, 1.807) is 0 Å². The van der Waals surface area contributed by atoms with Crippen molar-refractivity contribution in [3.05, 3.63) is 78.9 Å². The van der Waals surface area contributed by atoms with Crippen LogP contribution in [0.4, 0.5) is 5.69 Å². The van der Waals surface area contributed by atoms with Crippen LogP contribution in [-0.4, -0.2) is 18.3 Å². The van der Waals surface area contributed by atoms with Crippen molar-refractivity contribution in [3.63, 3.8) is 0 Å². The van der Waals surface area contributed by atoms with E-state index in [4.69, 9.17) is 27.4 Å². The van der Waals surface area contributed by atoms with Gasteiger partial charge in [-0.15, -0.1) is 0 Å². The number of unbranched alkanes of at least 4 members (excludes halogenated alkanes) is 2. The Bertz CT molecular complexity index is 898. The SMILES string of the molecule is NC(=S)Nc1cccc(OCCCCCOc2ccc(-c3ccccc3)cc2)c1. The molecule has 3 rings (SSSR count). The zero-order chi connectivity index (χ0) is 20.3. The molecule has 0 amide bonds. The zero-order valence-corrected chi connectivity index (χ0v) is 17.2. The molecule has 29 heavy (non-hydrogen) atoms. The van der Waals surface area contributed by atoms with Crippen LogP contribution in [0.3, 0.4) is 0 Å². The van der Waals surface area contributed by atoms with E-state index in [1.807, 2.05) is 54.6 Å². The number of nitrogens with one attached hydrogen (secondary N) is 1. The summed E-state index contributed by atoms with van der Waals surface area (Å²) in [4.78, 5) is 0. The highest BCUT2D eigenvalue weighted by Crippen LogP contribution is 2.22. The Morgan fingerprint density at radius 1 is 0.724 bits per heavy atom. The molecule has 0 radical (unpaired) electrons. The summed E-state index contributed by atoms with van der Waals surface area (Å²) in [5, 5.41) is 3.15. The first-order valence-electron chi connectivity index (χ1n) is 9.78. The summed E-state index contributed by atoms with van der Waals surface area (Å²) in [7, 11) is 0. The molecule has 0 saturated heterocycles. The first kappa shape index (κ1) is 20.7. The molecule has 0 aliphatic heterocycles. The van der Waals surface area contributed by atoms with Gasteiger partial charge in [0, 0.05) is 11.8 Å². The summed E-state index contributed by atoms with van der Waals surface area (Å²) < 4.78 is 11.6. The third kappa shape index (κ3) is 7.12. The van der Waals surface area contributed by atoms with Gasteiger partial charge in [0.05, 0.1) is 13.2 Å². The number of benzene rings is 3. The predicted octanol–water partition coefficient (Wildman–Crippen LogP) is 5.64. The molecule has 0 atom stereocenters. The lowest BCUT2D eigenvalue weighted by molar-refractivity contribution is 0.279. The molecule has 0 fully saturated rings. The van der Waals surface area contributed by atoms with E-state index in [2.05, 4.69) is 29.6 Å². The lowest BCUT2D eigenvalue weighted by Gasteiger charge is -2.09. The quantitative estimate of drug-likeness (QED) is 0.337. The van der Waals surface area contributed by atoms with Gasteiger partial charge in [0.1, 0.15) is 11.5 Å². The van der Waals surface area contributed by atoms with Crippen LogP contribution in [0, 0.1) is 0 Å². The molecule has 0 aliphatic rings.